The largest absolute Gasteiger partial charge is 0.114 e. The van der Waals surface area contributed by atoms with E-state index in [9.17, 15) is 0 Å². The smallest absolute Gasteiger partial charge is 0 e. The van der Waals surface area contributed by atoms with Crippen LogP contribution in [0.15, 0.2) is 0 Å². The summed E-state index contributed by atoms with van der Waals surface area (Å²) < 4.78 is 0. The average molecular weight is 415 g/mol. The molecule has 6 heteroatoms. The lowest BCUT2D eigenvalue weighted by Crippen LogP contribution is -0.381. The molecule has 0 aromatic rings. The van der Waals surface area contributed by atoms with Crippen LogP contribution in [0.2, 0.25) is 0 Å². The molecule has 0 rings (SSSR count). The Hall–Kier alpha value is 2.46. The van der Waals surface area contributed by atoms with Gasteiger partial charge < -0.3 is 0 Å². The molecule has 0 saturated heterocycles. The molecule has 0 unspecified atom stereocenters. The summed E-state index contributed by atoms with van der Waals surface area (Å²) in [6.45, 7) is 0. The van der Waals surface area contributed by atoms with E-state index < -0.39 is 0 Å². The third-order valence-corrected chi connectivity index (χ3v) is 0. The van der Waals surface area contributed by atoms with E-state index in [1.165, 1.54) is 0 Å². The Kier molecular flexibility index (Phi) is 664. The zero-order chi connectivity index (χ0) is 0. The normalized spacial score (nSPS) is 0. The molecule has 0 heterocycles. The number of hydrogen-bond donors (Lipinski definition) is 0. The lowest BCUT2D eigenvalue weighted by atomic mass is 10.8. The Morgan fingerprint density at radius 2 is 0.333 bits per heavy atom. The van der Waals surface area contributed by atoms with Gasteiger partial charge in [0.15, 0.2) is 0 Å². The molecule has 3 radical (unpaired) electrons. The first-order valence-corrected chi connectivity index (χ1v) is 0. The van der Waals surface area contributed by atoms with Gasteiger partial charge >= 0.3 is 0 Å². The fourth-order valence-electron chi connectivity index (χ4n) is 0. The van der Waals surface area contributed by atoms with E-state index in [1.54, 1.807) is 0 Å². The van der Waals surface area contributed by atoms with Gasteiger partial charge in [0, 0.05) is 8.41 Å². The Labute approximate surface area is 92.3 Å². The molecule has 0 aliphatic carbocycles. The predicted octanol–water partition coefficient (Wildman–Crippen LogP) is 2.51. The maximum atomic E-state index is 0. The molecular weight excluding hydrogens is 410 g/mol. The maximum absolute atomic E-state index is 0. The van der Waals surface area contributed by atoms with E-state index >= 15 is 0 Å². The molecule has 0 N–H and O–H groups in total. The van der Waals surface area contributed by atoms with Crippen LogP contribution < -0.4 is 0 Å². The molecule has 0 fully saturated rings. The number of halogens is 5. The van der Waals surface area contributed by atoms with Gasteiger partial charge in [0.05, 0.1) is 0 Å². The van der Waals surface area contributed by atoms with Crippen molar-refractivity contribution in [1.29, 1.82) is 0 Å². The molecule has 0 aromatic heterocycles. The highest BCUT2D eigenvalue weighted by atomic mass is 79.9. The van der Waals surface area contributed by atoms with Crippen LogP contribution in [0.25, 0.3) is 0 Å². The van der Waals surface area contributed by atoms with Gasteiger partial charge in [0.1, 0.15) is 0 Å². The quantitative estimate of drug-likeness (QED) is 0.534. The van der Waals surface area contributed by atoms with Crippen molar-refractivity contribution in [2.45, 2.75) is 0 Å². The lowest BCUT2D eigenvalue weighted by molar-refractivity contribution is 5.75. The van der Waals surface area contributed by atoms with Crippen LogP contribution in [0.1, 0.15) is 0 Å². The topological polar surface area (TPSA) is 0 Å². The molecule has 0 aromatic carbocycles. The summed E-state index contributed by atoms with van der Waals surface area (Å²) in [5, 5.41) is 0. The molecule has 0 aliphatic heterocycles. The summed E-state index contributed by atoms with van der Waals surface area (Å²) in [6.07, 6.45) is 0. The fraction of sp³-hybridized carbons (Fsp3) is 0. The van der Waals surface area contributed by atoms with Gasteiger partial charge in [-0.2, -0.15) is 0 Å². The van der Waals surface area contributed by atoms with E-state index in [0.717, 1.165) is 0 Å². The van der Waals surface area contributed by atoms with Gasteiger partial charge in [-0.05, 0) is 0 Å². The molecule has 0 atom stereocenters. The van der Waals surface area contributed by atoms with Gasteiger partial charge in [0.2, 0.25) is 0 Å². The lowest BCUT2D eigenvalue weighted by Gasteiger charge is -0.115. The van der Waals surface area contributed by atoms with Gasteiger partial charge in [-0.15, -0.1) is 84.9 Å². The van der Waals surface area contributed by atoms with Crippen molar-refractivity contribution >= 4 is 93.3 Å². The molecule has 0 amide bonds. The van der Waals surface area contributed by atoms with Gasteiger partial charge in [-0.3, -0.25) is 0 Å². The zero-order valence-electron chi connectivity index (χ0n) is 2.62. The first-order chi connectivity index (χ1) is 0. The maximum Gasteiger partial charge on any atom is 0 e. The average Bonchev–Trinajstić information content (AvgIpc) is 0. The zero-order valence-corrected chi connectivity index (χ0v) is 11.2. The van der Waals surface area contributed by atoms with Gasteiger partial charge in [-0.1, -0.05) is 0 Å². The summed E-state index contributed by atoms with van der Waals surface area (Å²) in [5.74, 6) is 0. The van der Waals surface area contributed by atoms with E-state index in [0.29, 0.717) is 0 Å². The predicted molar refractivity (Wildman–Crippen MR) is 57.4 cm³/mol. The minimum absolute atomic E-state index is 0. The SMILES string of the molecule is Br.Br.Br.Br.Br.[B]. The van der Waals surface area contributed by atoms with Crippen molar-refractivity contribution in [1.82, 2.24) is 0 Å². The van der Waals surface area contributed by atoms with E-state index in [4.69, 9.17) is 0 Å². The minimum atomic E-state index is 0. The second-order valence-corrected chi connectivity index (χ2v) is 0. The first-order valence-electron chi connectivity index (χ1n) is 0. The summed E-state index contributed by atoms with van der Waals surface area (Å²) in [7, 11) is 0. The van der Waals surface area contributed by atoms with Crippen LogP contribution in [-0.4, -0.2) is 8.41 Å². The third-order valence-electron chi connectivity index (χ3n) is 0. The Bertz CT molecular complexity index is 3.90. The Morgan fingerprint density at radius 1 is 0.333 bits per heavy atom. The number of rotatable bonds is 0. The summed E-state index contributed by atoms with van der Waals surface area (Å²) in [5.41, 5.74) is 0. The molecule has 0 aliphatic rings. The van der Waals surface area contributed by atoms with Crippen molar-refractivity contribution in [3.05, 3.63) is 0 Å². The molecule has 0 nitrogen and oxygen atoms in total. The van der Waals surface area contributed by atoms with Crippen LogP contribution in [0.5, 0.6) is 0 Å². The Morgan fingerprint density at radius 3 is 0.333 bits per heavy atom. The standard InChI is InChI=1S/B.5BrH/h;5*1H. The molecule has 0 bridgehead atoms. The molecule has 0 spiro atoms. The summed E-state index contributed by atoms with van der Waals surface area (Å²) in [6, 6.07) is 0. The second kappa shape index (κ2) is 51.4. The van der Waals surface area contributed by atoms with E-state index in [2.05, 4.69) is 0 Å². The van der Waals surface area contributed by atoms with Crippen molar-refractivity contribution in [2.24, 2.45) is 0 Å². The van der Waals surface area contributed by atoms with Crippen LogP contribution in [0.3, 0.4) is 0 Å². The van der Waals surface area contributed by atoms with Crippen molar-refractivity contribution in [3.8, 4) is 0 Å². The second-order valence-electron chi connectivity index (χ2n) is 0. The van der Waals surface area contributed by atoms with E-state index in [1.807, 2.05) is 0 Å². The van der Waals surface area contributed by atoms with Gasteiger partial charge in [0.25, 0.3) is 0 Å². The van der Waals surface area contributed by atoms with Crippen LogP contribution in [-0.2, 0) is 0 Å². The van der Waals surface area contributed by atoms with Crippen LogP contribution >= 0.6 is 84.9 Å². The molecular formula is H5BBr5. The Balaban J connectivity index is 0. The van der Waals surface area contributed by atoms with Crippen molar-refractivity contribution in [2.75, 3.05) is 0 Å². The van der Waals surface area contributed by atoms with E-state index in [-0.39, 0.29) is 93.3 Å². The van der Waals surface area contributed by atoms with Crippen molar-refractivity contribution in [3.63, 3.8) is 0 Å². The highest BCUT2D eigenvalue weighted by Gasteiger charge is 0.0000456. The fourth-order valence-corrected chi connectivity index (χ4v) is 0. The highest BCUT2D eigenvalue weighted by molar-refractivity contribution is 8.93. The van der Waals surface area contributed by atoms with Gasteiger partial charge in [-0.25, -0.2) is 0 Å². The van der Waals surface area contributed by atoms with Crippen molar-refractivity contribution < 1.29 is 0 Å². The molecule has 43 valence electrons. The van der Waals surface area contributed by atoms with Crippen LogP contribution in [0, 0.1) is 0 Å². The number of hydrogen-bond acceptors (Lipinski definition) is 0. The molecule has 6 heavy (non-hydrogen) atoms. The van der Waals surface area contributed by atoms with Crippen LogP contribution in [0.4, 0.5) is 0 Å². The molecule has 0 saturated carbocycles. The first kappa shape index (κ1) is 77.6. The summed E-state index contributed by atoms with van der Waals surface area (Å²) in [4.78, 5) is 0. The highest BCUT2D eigenvalue weighted by Crippen LogP contribution is 0.850. The summed E-state index contributed by atoms with van der Waals surface area (Å²) >= 11 is 0. The minimum Gasteiger partial charge on any atom is -0.114 e. The monoisotopic (exact) mass is 411 g/mol. The third kappa shape index (κ3) is 31.8.